The number of likely N-dealkylation sites (tertiary alicyclic amines) is 1. The zero-order chi connectivity index (χ0) is 16.2. The average Bonchev–Trinajstić information content (AvgIpc) is 3.03. The van der Waals surface area contributed by atoms with E-state index in [9.17, 15) is 4.79 Å². The molecule has 23 heavy (non-hydrogen) atoms. The molecule has 1 aromatic heterocycles. The number of piperidine rings is 1. The van der Waals surface area contributed by atoms with Crippen LogP contribution in [0.1, 0.15) is 44.6 Å². The van der Waals surface area contributed by atoms with Crippen molar-refractivity contribution in [3.8, 4) is 0 Å². The Kier molecular flexibility index (Phi) is 5.01. The zero-order valence-corrected chi connectivity index (χ0v) is 14.1. The molecule has 1 aliphatic rings. The number of hydrogen-bond acceptors (Lipinski definition) is 2. The molecule has 1 saturated heterocycles. The molecular formula is C19H27N3O. The van der Waals surface area contributed by atoms with Crippen LogP contribution in [0, 0.1) is 0 Å². The van der Waals surface area contributed by atoms with Crippen LogP contribution in [0.25, 0.3) is 10.9 Å². The van der Waals surface area contributed by atoms with Gasteiger partial charge in [-0.15, -0.1) is 0 Å². The molecule has 1 unspecified atom stereocenters. The van der Waals surface area contributed by atoms with Crippen molar-refractivity contribution in [1.82, 2.24) is 15.2 Å². The summed E-state index contributed by atoms with van der Waals surface area (Å²) in [7, 11) is 0. The normalized spacial score (nSPS) is 18.2. The lowest BCUT2D eigenvalue weighted by atomic mass is 9.88. The highest BCUT2D eigenvalue weighted by Gasteiger charge is 2.28. The minimum absolute atomic E-state index is 0.0227. The quantitative estimate of drug-likeness (QED) is 0.890. The van der Waals surface area contributed by atoms with Gasteiger partial charge in [-0.1, -0.05) is 25.1 Å². The third-order valence-corrected chi connectivity index (χ3v) is 5.07. The highest BCUT2D eigenvalue weighted by molar-refractivity contribution is 5.83. The number of rotatable bonds is 5. The van der Waals surface area contributed by atoms with E-state index in [-0.39, 0.29) is 11.9 Å². The van der Waals surface area contributed by atoms with E-state index in [1.807, 2.05) is 6.92 Å². The molecule has 1 aromatic carbocycles. The molecule has 2 aromatic rings. The maximum absolute atomic E-state index is 12.1. The van der Waals surface area contributed by atoms with Crippen LogP contribution in [0.3, 0.4) is 0 Å². The van der Waals surface area contributed by atoms with E-state index >= 15 is 0 Å². The smallest absolute Gasteiger partial charge is 0.237 e. The summed E-state index contributed by atoms with van der Waals surface area (Å²) < 4.78 is 0. The number of carbonyl (C=O) groups excluding carboxylic acids is 1. The summed E-state index contributed by atoms with van der Waals surface area (Å²) >= 11 is 0. The number of fused-ring (bicyclic) bond motifs is 1. The number of hydrogen-bond donors (Lipinski definition) is 2. The summed E-state index contributed by atoms with van der Waals surface area (Å²) in [6.07, 6.45) is 5.39. The first-order chi connectivity index (χ1) is 11.2. The summed E-state index contributed by atoms with van der Waals surface area (Å²) in [6.45, 7) is 6.86. The first kappa shape index (κ1) is 16.1. The van der Waals surface area contributed by atoms with Gasteiger partial charge in [0.25, 0.3) is 0 Å². The Labute approximate surface area is 138 Å². The van der Waals surface area contributed by atoms with Gasteiger partial charge in [0, 0.05) is 23.6 Å². The van der Waals surface area contributed by atoms with Gasteiger partial charge in [-0.25, -0.2) is 0 Å². The summed E-state index contributed by atoms with van der Waals surface area (Å²) in [6, 6.07) is 8.49. The van der Waals surface area contributed by atoms with Crippen molar-refractivity contribution < 1.29 is 4.79 Å². The second-order valence-corrected chi connectivity index (χ2v) is 6.57. The van der Waals surface area contributed by atoms with Gasteiger partial charge in [0.05, 0.1) is 6.04 Å². The lowest BCUT2D eigenvalue weighted by Crippen LogP contribution is -2.48. The van der Waals surface area contributed by atoms with Crippen molar-refractivity contribution in [3.05, 3.63) is 36.0 Å². The Hall–Kier alpha value is -1.81. The van der Waals surface area contributed by atoms with Gasteiger partial charge in [0.2, 0.25) is 5.91 Å². The highest BCUT2D eigenvalue weighted by atomic mass is 16.2. The van der Waals surface area contributed by atoms with Crippen LogP contribution in [-0.2, 0) is 4.79 Å². The molecule has 1 aliphatic heterocycles. The number of amides is 1. The van der Waals surface area contributed by atoms with Gasteiger partial charge in [0.15, 0.2) is 0 Å². The topological polar surface area (TPSA) is 48.1 Å². The molecule has 124 valence electrons. The lowest BCUT2D eigenvalue weighted by molar-refractivity contribution is -0.126. The second kappa shape index (κ2) is 7.18. The maximum Gasteiger partial charge on any atom is 0.237 e. The molecule has 4 heteroatoms. The molecule has 1 atom stereocenters. The van der Waals surface area contributed by atoms with Gasteiger partial charge in [-0.3, -0.25) is 9.69 Å². The molecule has 0 aliphatic carbocycles. The number of aromatic nitrogens is 1. The van der Waals surface area contributed by atoms with E-state index in [1.165, 1.54) is 16.5 Å². The van der Waals surface area contributed by atoms with E-state index in [1.54, 1.807) is 0 Å². The van der Waals surface area contributed by atoms with Gasteiger partial charge < -0.3 is 10.3 Å². The summed E-state index contributed by atoms with van der Waals surface area (Å²) in [5.74, 6) is 0.755. The summed E-state index contributed by atoms with van der Waals surface area (Å²) in [5.41, 5.74) is 2.65. The third-order valence-electron chi connectivity index (χ3n) is 5.07. The van der Waals surface area contributed by atoms with Crippen molar-refractivity contribution in [2.24, 2.45) is 0 Å². The van der Waals surface area contributed by atoms with Crippen molar-refractivity contribution in [2.75, 3.05) is 19.6 Å². The average molecular weight is 313 g/mol. The van der Waals surface area contributed by atoms with E-state index in [2.05, 4.69) is 52.6 Å². The van der Waals surface area contributed by atoms with Gasteiger partial charge in [-0.2, -0.15) is 0 Å². The van der Waals surface area contributed by atoms with Gasteiger partial charge in [0.1, 0.15) is 0 Å². The summed E-state index contributed by atoms with van der Waals surface area (Å²) in [5, 5.41) is 4.35. The molecule has 0 spiro atoms. The Balaban J connectivity index is 1.61. The Morgan fingerprint density at radius 2 is 2.09 bits per heavy atom. The van der Waals surface area contributed by atoms with Gasteiger partial charge >= 0.3 is 0 Å². The Bertz CT molecular complexity index is 655. The molecular weight excluding hydrogens is 286 g/mol. The van der Waals surface area contributed by atoms with E-state index < -0.39 is 0 Å². The molecule has 0 saturated carbocycles. The van der Waals surface area contributed by atoms with Crippen molar-refractivity contribution >= 4 is 16.8 Å². The van der Waals surface area contributed by atoms with E-state index in [0.29, 0.717) is 5.92 Å². The van der Waals surface area contributed by atoms with Crippen LogP contribution in [0.15, 0.2) is 30.5 Å². The Morgan fingerprint density at radius 3 is 2.83 bits per heavy atom. The van der Waals surface area contributed by atoms with Crippen molar-refractivity contribution in [2.45, 2.75) is 45.1 Å². The number of para-hydroxylation sites is 1. The van der Waals surface area contributed by atoms with Crippen LogP contribution in [0.4, 0.5) is 0 Å². The second-order valence-electron chi connectivity index (χ2n) is 6.57. The third kappa shape index (κ3) is 3.42. The summed E-state index contributed by atoms with van der Waals surface area (Å²) in [4.78, 5) is 17.8. The molecule has 0 radical (unpaired) electrons. The SMILES string of the molecule is CCCNC(=O)C(C)N1CCC(c2c[nH]c3ccccc23)CC1. The number of nitrogens with one attached hydrogen (secondary N) is 2. The zero-order valence-electron chi connectivity index (χ0n) is 14.1. The molecule has 2 N–H and O–H groups in total. The number of benzene rings is 1. The van der Waals surface area contributed by atoms with E-state index in [0.717, 1.165) is 38.9 Å². The number of aromatic amines is 1. The molecule has 1 fully saturated rings. The molecule has 2 heterocycles. The molecule has 0 bridgehead atoms. The minimum atomic E-state index is -0.0227. The monoisotopic (exact) mass is 313 g/mol. The van der Waals surface area contributed by atoms with Crippen LogP contribution < -0.4 is 5.32 Å². The highest BCUT2D eigenvalue weighted by Crippen LogP contribution is 2.33. The van der Waals surface area contributed by atoms with Crippen LogP contribution >= 0.6 is 0 Å². The number of carbonyl (C=O) groups is 1. The first-order valence-corrected chi connectivity index (χ1v) is 8.78. The molecule has 1 amide bonds. The van der Waals surface area contributed by atoms with Crippen molar-refractivity contribution in [3.63, 3.8) is 0 Å². The Morgan fingerprint density at radius 1 is 1.35 bits per heavy atom. The largest absolute Gasteiger partial charge is 0.361 e. The fourth-order valence-corrected chi connectivity index (χ4v) is 3.59. The predicted octanol–water partition coefficient (Wildman–Crippen LogP) is 3.26. The van der Waals surface area contributed by atoms with Gasteiger partial charge in [-0.05, 0) is 56.8 Å². The van der Waals surface area contributed by atoms with Crippen LogP contribution in [0.2, 0.25) is 0 Å². The number of nitrogens with zero attached hydrogens (tertiary/aromatic N) is 1. The maximum atomic E-state index is 12.1. The lowest BCUT2D eigenvalue weighted by Gasteiger charge is -2.35. The molecule has 3 rings (SSSR count). The van der Waals surface area contributed by atoms with Crippen molar-refractivity contribution in [1.29, 1.82) is 0 Å². The van der Waals surface area contributed by atoms with Crippen LogP contribution in [0.5, 0.6) is 0 Å². The minimum Gasteiger partial charge on any atom is -0.361 e. The predicted molar refractivity (Wildman–Crippen MR) is 94.6 cm³/mol. The standard InChI is InChI=1S/C19H27N3O/c1-3-10-20-19(23)14(2)22-11-8-15(9-12-22)17-13-21-18-7-5-4-6-16(17)18/h4-7,13-15,21H,3,8-12H2,1-2H3,(H,20,23). The fraction of sp³-hybridized carbons (Fsp3) is 0.526. The van der Waals surface area contributed by atoms with Crippen LogP contribution in [-0.4, -0.2) is 41.5 Å². The number of H-pyrrole nitrogens is 1. The fourth-order valence-electron chi connectivity index (χ4n) is 3.59. The van der Waals surface area contributed by atoms with E-state index in [4.69, 9.17) is 0 Å². The molecule has 4 nitrogen and oxygen atoms in total. The first-order valence-electron chi connectivity index (χ1n) is 8.78.